The van der Waals surface area contributed by atoms with Crippen LogP contribution in [0.5, 0.6) is 0 Å². The van der Waals surface area contributed by atoms with Crippen LogP contribution in [0.2, 0.25) is 0 Å². The second-order valence-electron chi connectivity index (χ2n) is 9.88. The van der Waals surface area contributed by atoms with Gasteiger partial charge in [0.05, 0.1) is 36.7 Å². The number of nitrogens with one attached hydrogen (secondary N) is 1. The number of urea groups is 1. The van der Waals surface area contributed by atoms with E-state index in [9.17, 15) is 22.8 Å². The van der Waals surface area contributed by atoms with E-state index in [4.69, 9.17) is 0 Å². The normalized spacial score (nSPS) is 20.3. The number of fused-ring (bicyclic) bond motifs is 1. The molecule has 1 N–H and O–H groups in total. The summed E-state index contributed by atoms with van der Waals surface area (Å²) in [4.78, 5) is 39.9. The van der Waals surface area contributed by atoms with E-state index in [-0.39, 0.29) is 29.6 Å². The molecule has 2 saturated heterocycles. The molecular formula is C24H23F3N8O2. The van der Waals surface area contributed by atoms with Crippen LogP contribution in [0.4, 0.5) is 35.3 Å². The lowest BCUT2D eigenvalue weighted by Crippen LogP contribution is -2.58. The third-order valence-electron chi connectivity index (χ3n) is 7.21. The van der Waals surface area contributed by atoms with Crippen LogP contribution in [-0.2, 0) is 17.9 Å². The third kappa shape index (κ3) is 3.94. The number of nitrogens with zero attached hydrogens (tertiary/aromatic N) is 7. The Hall–Kier alpha value is -4.16. The summed E-state index contributed by atoms with van der Waals surface area (Å²) in [6.45, 7) is 4.18. The van der Waals surface area contributed by atoms with Crippen molar-refractivity contribution in [1.29, 1.82) is 0 Å². The minimum atomic E-state index is -1.60. The average molecular weight is 512 g/mol. The van der Waals surface area contributed by atoms with Crippen LogP contribution in [0, 0.1) is 22.9 Å². The van der Waals surface area contributed by atoms with Crippen molar-refractivity contribution in [2.75, 3.05) is 34.8 Å². The predicted octanol–water partition coefficient (Wildman–Crippen LogP) is 2.77. The fourth-order valence-electron chi connectivity index (χ4n) is 5.39. The first-order valence-corrected chi connectivity index (χ1v) is 11.8. The van der Waals surface area contributed by atoms with Gasteiger partial charge in [-0.3, -0.25) is 9.48 Å². The Morgan fingerprint density at radius 1 is 1.11 bits per heavy atom. The maximum absolute atomic E-state index is 13.6. The molecule has 3 aliphatic heterocycles. The molecule has 0 saturated carbocycles. The Bertz CT molecular complexity index is 1370. The zero-order valence-electron chi connectivity index (χ0n) is 19.9. The monoisotopic (exact) mass is 512 g/mol. The molecule has 192 valence electrons. The molecule has 3 aliphatic rings. The number of hydrogen-bond acceptors (Lipinski definition) is 6. The first-order valence-electron chi connectivity index (χ1n) is 11.8. The number of amides is 3. The third-order valence-corrected chi connectivity index (χ3v) is 7.21. The number of carbonyl (C=O) groups is 2. The summed E-state index contributed by atoms with van der Waals surface area (Å²) >= 11 is 0. The number of aromatic nitrogens is 4. The number of benzene rings is 1. The molecule has 1 aromatic carbocycles. The Morgan fingerprint density at radius 3 is 2.51 bits per heavy atom. The Balaban J connectivity index is 1.18. The summed E-state index contributed by atoms with van der Waals surface area (Å²) in [6, 6.07) is 2.32. The van der Waals surface area contributed by atoms with Crippen LogP contribution in [0.1, 0.15) is 19.0 Å². The van der Waals surface area contributed by atoms with Crippen molar-refractivity contribution in [2.24, 2.45) is 5.41 Å². The molecule has 0 bridgehead atoms. The first-order chi connectivity index (χ1) is 17.7. The topological polar surface area (TPSA) is 99.5 Å². The second-order valence-corrected chi connectivity index (χ2v) is 9.88. The van der Waals surface area contributed by atoms with Gasteiger partial charge in [0.1, 0.15) is 0 Å². The molecule has 3 amide bonds. The highest BCUT2D eigenvalue weighted by Crippen LogP contribution is 2.44. The van der Waals surface area contributed by atoms with E-state index in [1.54, 1.807) is 34.2 Å². The van der Waals surface area contributed by atoms with Crippen LogP contribution < -0.4 is 15.1 Å². The lowest BCUT2D eigenvalue weighted by Gasteiger charge is -2.47. The zero-order valence-corrected chi connectivity index (χ0v) is 19.9. The average Bonchev–Trinajstić information content (AvgIpc) is 3.41. The number of carbonyl (C=O) groups excluding carboxylic acids is 2. The summed E-state index contributed by atoms with van der Waals surface area (Å²) in [5.74, 6) is -3.76. The molecule has 3 aromatic rings. The summed E-state index contributed by atoms with van der Waals surface area (Å²) in [6.07, 6.45) is 5.40. The predicted molar refractivity (Wildman–Crippen MR) is 126 cm³/mol. The molecular weight excluding hydrogens is 489 g/mol. The van der Waals surface area contributed by atoms with E-state index in [1.807, 2.05) is 11.8 Å². The van der Waals surface area contributed by atoms with E-state index in [0.717, 1.165) is 12.1 Å². The van der Waals surface area contributed by atoms with Crippen LogP contribution in [0.15, 0.2) is 36.8 Å². The smallest absolute Gasteiger partial charge is 0.322 e. The van der Waals surface area contributed by atoms with Gasteiger partial charge in [-0.15, -0.1) is 0 Å². The van der Waals surface area contributed by atoms with Crippen molar-refractivity contribution >= 4 is 29.3 Å². The summed E-state index contributed by atoms with van der Waals surface area (Å²) < 4.78 is 42.3. The molecule has 2 aromatic heterocycles. The van der Waals surface area contributed by atoms with E-state index < -0.39 is 23.5 Å². The quantitative estimate of drug-likeness (QED) is 0.542. The van der Waals surface area contributed by atoms with Crippen molar-refractivity contribution in [2.45, 2.75) is 32.5 Å². The lowest BCUT2D eigenvalue weighted by atomic mass is 9.79. The second kappa shape index (κ2) is 8.46. The van der Waals surface area contributed by atoms with E-state index >= 15 is 0 Å². The van der Waals surface area contributed by atoms with Gasteiger partial charge in [0.25, 0.3) is 0 Å². The minimum Gasteiger partial charge on any atom is -0.339 e. The standard InChI is InChI=1S/C24H23F3N8O2/c1-14-9-35-19(10-33(14)23(37)31-15-5-16(25)21(27)17(26)6-15)18(8-30-35)34-13-24(7-20(34)36)11-32(12-24)22-28-3-2-4-29-22/h2-6,8,14H,7,9-13H2,1H3,(H,31,37)/t14-/m0/s1. The molecule has 2 fully saturated rings. The van der Waals surface area contributed by atoms with E-state index in [2.05, 4.69) is 20.4 Å². The molecule has 0 aliphatic carbocycles. The van der Waals surface area contributed by atoms with Crippen molar-refractivity contribution in [3.05, 3.63) is 59.9 Å². The van der Waals surface area contributed by atoms with Gasteiger partial charge in [-0.05, 0) is 13.0 Å². The van der Waals surface area contributed by atoms with Crippen LogP contribution >= 0.6 is 0 Å². The highest BCUT2D eigenvalue weighted by Gasteiger charge is 2.53. The molecule has 10 nitrogen and oxygen atoms in total. The molecule has 37 heavy (non-hydrogen) atoms. The highest BCUT2D eigenvalue weighted by atomic mass is 19.2. The van der Waals surface area contributed by atoms with Gasteiger partial charge in [-0.25, -0.2) is 27.9 Å². The van der Waals surface area contributed by atoms with Gasteiger partial charge in [0.2, 0.25) is 11.9 Å². The summed E-state index contributed by atoms with van der Waals surface area (Å²) in [5.41, 5.74) is 0.931. The van der Waals surface area contributed by atoms with Crippen LogP contribution in [-0.4, -0.2) is 62.3 Å². The van der Waals surface area contributed by atoms with E-state index in [1.165, 1.54) is 4.90 Å². The maximum atomic E-state index is 13.6. The fraction of sp³-hybridized carbons (Fsp3) is 0.375. The largest absolute Gasteiger partial charge is 0.339 e. The molecule has 1 spiro atoms. The van der Waals surface area contributed by atoms with E-state index in [0.29, 0.717) is 49.9 Å². The number of rotatable bonds is 3. The molecule has 13 heteroatoms. The zero-order chi connectivity index (χ0) is 25.9. The van der Waals surface area contributed by atoms with Gasteiger partial charge in [0, 0.05) is 61.7 Å². The fourth-order valence-corrected chi connectivity index (χ4v) is 5.39. The molecule has 6 rings (SSSR count). The van der Waals surface area contributed by atoms with Gasteiger partial charge in [-0.1, -0.05) is 0 Å². The summed E-state index contributed by atoms with van der Waals surface area (Å²) in [7, 11) is 0. The minimum absolute atomic E-state index is 0.0173. The Kier molecular flexibility index (Phi) is 5.31. The molecule has 5 heterocycles. The Labute approximate surface area is 209 Å². The van der Waals surface area contributed by atoms with Crippen LogP contribution in [0.3, 0.4) is 0 Å². The van der Waals surface area contributed by atoms with Crippen molar-refractivity contribution < 1.29 is 22.8 Å². The van der Waals surface area contributed by atoms with Crippen molar-refractivity contribution in [3.63, 3.8) is 0 Å². The van der Waals surface area contributed by atoms with Gasteiger partial charge < -0.3 is 20.0 Å². The maximum Gasteiger partial charge on any atom is 0.322 e. The van der Waals surface area contributed by atoms with Crippen molar-refractivity contribution in [3.8, 4) is 0 Å². The number of hydrogen-bond donors (Lipinski definition) is 1. The number of halogens is 3. The van der Waals surface area contributed by atoms with Crippen molar-refractivity contribution in [1.82, 2.24) is 24.6 Å². The number of anilines is 3. The Morgan fingerprint density at radius 2 is 1.81 bits per heavy atom. The first kappa shape index (κ1) is 23.3. The lowest BCUT2D eigenvalue weighted by molar-refractivity contribution is -0.117. The highest BCUT2D eigenvalue weighted by molar-refractivity contribution is 5.97. The molecule has 1 atom stereocenters. The van der Waals surface area contributed by atoms with Gasteiger partial charge in [-0.2, -0.15) is 5.10 Å². The molecule has 0 unspecified atom stereocenters. The SMILES string of the molecule is C[C@H]1Cn2ncc(N3CC4(CC3=O)CN(c3ncccn3)C4)c2CN1C(=O)Nc1cc(F)c(F)c(F)c1. The molecule has 0 radical (unpaired) electrons. The van der Waals surface area contributed by atoms with Crippen LogP contribution in [0.25, 0.3) is 0 Å². The van der Waals surface area contributed by atoms with Gasteiger partial charge >= 0.3 is 6.03 Å². The summed E-state index contributed by atoms with van der Waals surface area (Å²) in [5, 5.41) is 6.88. The van der Waals surface area contributed by atoms with Gasteiger partial charge in [0.15, 0.2) is 17.5 Å².